The summed E-state index contributed by atoms with van der Waals surface area (Å²) >= 11 is 0. The van der Waals surface area contributed by atoms with Crippen LogP contribution >= 0.6 is 0 Å². The molecule has 0 aliphatic rings. The summed E-state index contributed by atoms with van der Waals surface area (Å²) in [6, 6.07) is 28.0. The van der Waals surface area contributed by atoms with Crippen molar-refractivity contribution in [3.8, 4) is 0 Å². The Hall–Kier alpha value is -3.64. The lowest BCUT2D eigenvalue weighted by Crippen LogP contribution is -2.41. The zero-order valence-electron chi connectivity index (χ0n) is 19.4. The van der Waals surface area contributed by atoms with Gasteiger partial charge in [-0.2, -0.15) is 0 Å². The molecule has 4 aromatic rings. The van der Waals surface area contributed by atoms with Gasteiger partial charge in [0.1, 0.15) is 6.54 Å². The van der Waals surface area contributed by atoms with Gasteiger partial charge in [0.25, 0.3) is 10.0 Å². The summed E-state index contributed by atoms with van der Waals surface area (Å²) in [5, 5.41) is 5.11. The maximum Gasteiger partial charge on any atom is 0.264 e. The Balaban J connectivity index is 1.59. The minimum atomic E-state index is -3.94. The third-order valence-corrected chi connectivity index (χ3v) is 7.61. The van der Waals surface area contributed by atoms with Crippen molar-refractivity contribution in [3.05, 3.63) is 108 Å². The predicted molar refractivity (Wildman–Crippen MR) is 137 cm³/mol. The molecule has 174 valence electrons. The number of amides is 1. The van der Waals surface area contributed by atoms with Crippen molar-refractivity contribution in [2.24, 2.45) is 0 Å². The molecule has 0 heterocycles. The first-order valence-corrected chi connectivity index (χ1v) is 12.7. The molecule has 4 rings (SSSR count). The van der Waals surface area contributed by atoms with Gasteiger partial charge in [-0.05, 0) is 59.5 Å². The second-order valence-corrected chi connectivity index (χ2v) is 10.1. The predicted octanol–water partition coefficient (Wildman–Crippen LogP) is 5.22. The number of carbonyl (C=O) groups is 1. The lowest BCUT2D eigenvalue weighted by Gasteiger charge is -2.26. The molecule has 0 atom stereocenters. The van der Waals surface area contributed by atoms with E-state index in [9.17, 15) is 13.2 Å². The Morgan fingerprint density at radius 2 is 1.53 bits per heavy atom. The third-order valence-electron chi connectivity index (χ3n) is 5.84. The van der Waals surface area contributed by atoms with Gasteiger partial charge in [0.2, 0.25) is 5.91 Å². The molecule has 0 radical (unpaired) electrons. The van der Waals surface area contributed by atoms with Gasteiger partial charge in [-0.15, -0.1) is 0 Å². The van der Waals surface area contributed by atoms with E-state index in [0.29, 0.717) is 18.7 Å². The first kappa shape index (κ1) is 23.5. The Kier molecular flexibility index (Phi) is 6.98. The molecule has 6 heteroatoms. The fourth-order valence-corrected chi connectivity index (χ4v) is 5.38. The van der Waals surface area contributed by atoms with Gasteiger partial charge in [0, 0.05) is 6.54 Å². The van der Waals surface area contributed by atoms with Crippen LogP contribution in [0.15, 0.2) is 95.9 Å². The molecular formula is C28H28N2O3S. The van der Waals surface area contributed by atoms with Crippen LogP contribution < -0.4 is 9.62 Å². The van der Waals surface area contributed by atoms with E-state index in [1.165, 1.54) is 4.31 Å². The van der Waals surface area contributed by atoms with Gasteiger partial charge in [-0.25, -0.2) is 8.42 Å². The molecule has 0 unspecified atom stereocenters. The molecule has 1 N–H and O–H groups in total. The molecule has 0 bridgehead atoms. The first-order chi connectivity index (χ1) is 16.4. The minimum Gasteiger partial charge on any atom is -0.350 e. The van der Waals surface area contributed by atoms with Crippen LogP contribution in [0.25, 0.3) is 10.8 Å². The summed E-state index contributed by atoms with van der Waals surface area (Å²) in [5.41, 5.74) is 3.30. The number of rotatable bonds is 8. The van der Waals surface area contributed by atoms with E-state index in [1.807, 2.05) is 68.4 Å². The van der Waals surface area contributed by atoms with Gasteiger partial charge < -0.3 is 5.32 Å². The number of nitrogens with one attached hydrogen (secondary N) is 1. The largest absolute Gasteiger partial charge is 0.350 e. The average molecular weight is 473 g/mol. The smallest absolute Gasteiger partial charge is 0.264 e. The molecule has 5 nitrogen and oxygen atoms in total. The van der Waals surface area contributed by atoms with Crippen LogP contribution in [0.1, 0.15) is 23.6 Å². The van der Waals surface area contributed by atoms with Crippen molar-refractivity contribution >= 4 is 32.4 Å². The first-order valence-electron chi connectivity index (χ1n) is 11.3. The van der Waals surface area contributed by atoms with Crippen LogP contribution in [0, 0.1) is 6.92 Å². The quantitative estimate of drug-likeness (QED) is 0.382. The highest BCUT2D eigenvalue weighted by Gasteiger charge is 2.28. The summed E-state index contributed by atoms with van der Waals surface area (Å²) in [4.78, 5) is 13.1. The lowest BCUT2D eigenvalue weighted by molar-refractivity contribution is -0.119. The number of aryl methyl sites for hydroxylation is 2. The Morgan fingerprint density at radius 3 is 2.26 bits per heavy atom. The minimum absolute atomic E-state index is 0.159. The molecule has 0 spiro atoms. The number of para-hydroxylation sites is 1. The highest BCUT2D eigenvalue weighted by atomic mass is 32.2. The topological polar surface area (TPSA) is 66.5 Å². The average Bonchev–Trinajstić information content (AvgIpc) is 2.86. The summed E-state index contributed by atoms with van der Waals surface area (Å²) in [6.45, 7) is 3.88. The number of anilines is 1. The molecule has 4 aromatic carbocycles. The Labute approximate surface area is 201 Å². The molecule has 0 aliphatic heterocycles. The number of benzene rings is 4. The molecule has 34 heavy (non-hydrogen) atoms. The van der Waals surface area contributed by atoms with E-state index < -0.39 is 10.0 Å². The van der Waals surface area contributed by atoms with Crippen molar-refractivity contribution in [2.45, 2.75) is 31.7 Å². The van der Waals surface area contributed by atoms with Gasteiger partial charge >= 0.3 is 0 Å². The van der Waals surface area contributed by atoms with Gasteiger partial charge in [0.15, 0.2) is 0 Å². The van der Waals surface area contributed by atoms with E-state index in [4.69, 9.17) is 0 Å². The van der Waals surface area contributed by atoms with E-state index in [0.717, 1.165) is 27.5 Å². The van der Waals surface area contributed by atoms with Crippen LogP contribution in [0.3, 0.4) is 0 Å². The summed E-state index contributed by atoms with van der Waals surface area (Å²) in [6.07, 6.45) is 0.648. The molecule has 0 fully saturated rings. The van der Waals surface area contributed by atoms with Crippen molar-refractivity contribution in [1.82, 2.24) is 5.32 Å². The van der Waals surface area contributed by atoms with Crippen molar-refractivity contribution < 1.29 is 13.2 Å². The highest BCUT2D eigenvalue weighted by molar-refractivity contribution is 7.92. The van der Waals surface area contributed by atoms with Crippen LogP contribution in [0.4, 0.5) is 5.69 Å². The van der Waals surface area contributed by atoms with Crippen molar-refractivity contribution in [3.63, 3.8) is 0 Å². The summed E-state index contributed by atoms with van der Waals surface area (Å²) in [7, 11) is -3.94. The monoisotopic (exact) mass is 472 g/mol. The zero-order chi connectivity index (χ0) is 24.1. The fraction of sp³-hybridized carbons (Fsp3) is 0.179. The molecule has 0 saturated carbocycles. The molecular weight excluding hydrogens is 444 g/mol. The normalized spacial score (nSPS) is 11.4. The van der Waals surface area contributed by atoms with Gasteiger partial charge in [0.05, 0.1) is 10.6 Å². The van der Waals surface area contributed by atoms with Crippen LogP contribution in [-0.4, -0.2) is 20.9 Å². The number of hydrogen-bond acceptors (Lipinski definition) is 3. The fourth-order valence-electron chi connectivity index (χ4n) is 3.93. The standard InChI is InChI=1S/C28H28N2O3S/c1-3-23-8-6-7-11-27(23)30(34(32,33)26-16-12-21(2)13-17-26)20-28(31)29-19-22-14-15-24-9-4-5-10-25(24)18-22/h4-18H,3,19-20H2,1-2H3,(H,29,31). The number of nitrogens with zero attached hydrogens (tertiary/aromatic N) is 1. The number of fused-ring (bicyclic) bond motifs is 1. The van der Waals surface area contributed by atoms with Crippen molar-refractivity contribution in [1.29, 1.82) is 0 Å². The zero-order valence-corrected chi connectivity index (χ0v) is 20.2. The number of sulfonamides is 1. The van der Waals surface area contributed by atoms with Gasteiger partial charge in [-0.1, -0.05) is 79.2 Å². The van der Waals surface area contributed by atoms with Crippen molar-refractivity contribution in [2.75, 3.05) is 10.8 Å². The maximum atomic E-state index is 13.6. The van der Waals surface area contributed by atoms with Crippen LogP contribution in [0.5, 0.6) is 0 Å². The third kappa shape index (κ3) is 5.13. The lowest BCUT2D eigenvalue weighted by atomic mass is 10.1. The Bertz CT molecular complexity index is 1410. The summed E-state index contributed by atoms with van der Waals surface area (Å²) < 4.78 is 28.4. The summed E-state index contributed by atoms with van der Waals surface area (Å²) in [5.74, 6) is -0.366. The second kappa shape index (κ2) is 10.1. The highest BCUT2D eigenvalue weighted by Crippen LogP contribution is 2.27. The number of carbonyl (C=O) groups excluding carboxylic acids is 1. The SMILES string of the molecule is CCc1ccccc1N(CC(=O)NCc1ccc2ccccc2c1)S(=O)(=O)c1ccc(C)cc1. The maximum absolute atomic E-state index is 13.6. The molecule has 0 aliphatic carbocycles. The van der Waals surface area contributed by atoms with E-state index >= 15 is 0 Å². The van der Waals surface area contributed by atoms with E-state index in [-0.39, 0.29) is 17.3 Å². The van der Waals surface area contributed by atoms with E-state index in [2.05, 4.69) is 5.32 Å². The Morgan fingerprint density at radius 1 is 0.853 bits per heavy atom. The number of hydrogen-bond donors (Lipinski definition) is 1. The molecule has 0 saturated heterocycles. The molecule has 1 amide bonds. The second-order valence-electron chi connectivity index (χ2n) is 8.27. The van der Waals surface area contributed by atoms with Gasteiger partial charge in [-0.3, -0.25) is 9.10 Å². The molecule has 0 aromatic heterocycles. The van der Waals surface area contributed by atoms with Crippen LogP contribution in [0.2, 0.25) is 0 Å². The van der Waals surface area contributed by atoms with Crippen LogP contribution in [-0.2, 0) is 27.8 Å². The van der Waals surface area contributed by atoms with E-state index in [1.54, 1.807) is 36.4 Å².